The summed E-state index contributed by atoms with van der Waals surface area (Å²) in [5.74, 6) is -0.153. The number of aryl methyl sites for hydroxylation is 1. The van der Waals surface area contributed by atoms with Crippen molar-refractivity contribution in [2.24, 2.45) is 5.41 Å². The minimum atomic E-state index is -0.153. The Morgan fingerprint density at radius 3 is 2.63 bits per heavy atom. The van der Waals surface area contributed by atoms with Crippen LogP contribution in [0.3, 0.4) is 0 Å². The van der Waals surface area contributed by atoms with Crippen LogP contribution < -0.4 is 0 Å². The van der Waals surface area contributed by atoms with Gasteiger partial charge in [-0.2, -0.15) is 0 Å². The Balaban J connectivity index is 2.26. The van der Waals surface area contributed by atoms with E-state index in [1.807, 2.05) is 24.3 Å². The lowest BCUT2D eigenvalue weighted by molar-refractivity contribution is 0.313. The Morgan fingerprint density at radius 1 is 1.21 bits per heavy atom. The summed E-state index contributed by atoms with van der Waals surface area (Å²) in [7, 11) is 0. The van der Waals surface area contributed by atoms with Gasteiger partial charge in [0.25, 0.3) is 0 Å². The highest BCUT2D eigenvalue weighted by atomic mass is 35.5. The van der Waals surface area contributed by atoms with E-state index in [9.17, 15) is 4.39 Å². The number of rotatable bonds is 0. The van der Waals surface area contributed by atoms with E-state index < -0.39 is 0 Å². The molecular weight excluding hydrogens is 259 g/mol. The van der Waals surface area contributed by atoms with Crippen molar-refractivity contribution < 1.29 is 4.39 Å². The minimum absolute atomic E-state index is 0.0911. The van der Waals surface area contributed by atoms with E-state index >= 15 is 0 Å². The third-order valence-corrected chi connectivity index (χ3v) is 4.65. The molecule has 0 aliphatic heterocycles. The van der Waals surface area contributed by atoms with Crippen molar-refractivity contribution in [3.63, 3.8) is 0 Å². The summed E-state index contributed by atoms with van der Waals surface area (Å²) in [6.45, 7) is 4.49. The second-order valence-corrected chi connectivity index (χ2v) is 6.83. The van der Waals surface area contributed by atoms with Gasteiger partial charge in [-0.1, -0.05) is 38.1 Å². The van der Waals surface area contributed by atoms with Crippen molar-refractivity contribution in [3.8, 4) is 0 Å². The Kier molecular flexibility index (Phi) is 3.05. The van der Waals surface area contributed by atoms with Crippen molar-refractivity contribution >= 4 is 22.4 Å². The van der Waals surface area contributed by atoms with Crippen molar-refractivity contribution in [2.45, 2.75) is 38.5 Å². The van der Waals surface area contributed by atoms with Crippen LogP contribution in [0.5, 0.6) is 0 Å². The molecule has 0 amide bonds. The maximum atomic E-state index is 14.2. The Morgan fingerprint density at radius 2 is 1.89 bits per heavy atom. The lowest BCUT2D eigenvalue weighted by atomic mass is 9.84. The lowest BCUT2D eigenvalue weighted by Crippen LogP contribution is -2.11. The van der Waals surface area contributed by atoms with Gasteiger partial charge in [-0.05, 0) is 47.3 Å². The normalized spacial score (nSPS) is 22.0. The van der Waals surface area contributed by atoms with Crippen LogP contribution in [0.2, 0.25) is 0 Å². The highest BCUT2D eigenvalue weighted by molar-refractivity contribution is 6.21. The average molecular weight is 277 g/mol. The molecule has 1 aliphatic carbocycles. The van der Waals surface area contributed by atoms with Crippen LogP contribution >= 0.6 is 11.6 Å². The van der Waals surface area contributed by atoms with Gasteiger partial charge in [-0.25, -0.2) is 4.39 Å². The molecule has 0 bridgehead atoms. The van der Waals surface area contributed by atoms with E-state index in [2.05, 4.69) is 13.8 Å². The maximum absolute atomic E-state index is 14.2. The first-order valence-corrected chi connectivity index (χ1v) is 7.26. The minimum Gasteiger partial charge on any atom is -0.206 e. The first kappa shape index (κ1) is 12.9. The molecule has 1 atom stereocenters. The zero-order valence-electron chi connectivity index (χ0n) is 11.3. The molecule has 19 heavy (non-hydrogen) atoms. The van der Waals surface area contributed by atoms with Crippen molar-refractivity contribution in [2.75, 3.05) is 0 Å². The van der Waals surface area contributed by atoms with E-state index in [0.717, 1.165) is 30.2 Å². The molecule has 2 aromatic carbocycles. The summed E-state index contributed by atoms with van der Waals surface area (Å²) < 4.78 is 14.2. The van der Waals surface area contributed by atoms with Crippen LogP contribution in [-0.4, -0.2) is 0 Å². The van der Waals surface area contributed by atoms with Gasteiger partial charge in [0, 0.05) is 5.39 Å². The Hall–Kier alpha value is -1.08. The number of benzene rings is 2. The van der Waals surface area contributed by atoms with Gasteiger partial charge in [0.05, 0.1) is 5.38 Å². The fraction of sp³-hybridized carbons (Fsp3) is 0.412. The molecule has 0 saturated heterocycles. The zero-order chi connectivity index (χ0) is 13.6. The van der Waals surface area contributed by atoms with Crippen LogP contribution in [0, 0.1) is 11.2 Å². The first-order chi connectivity index (χ1) is 8.98. The smallest absolute Gasteiger partial charge is 0.131 e. The predicted molar refractivity (Wildman–Crippen MR) is 79.2 cm³/mol. The Labute approximate surface area is 118 Å². The molecule has 0 N–H and O–H groups in total. The monoisotopic (exact) mass is 276 g/mol. The molecule has 2 aromatic rings. The summed E-state index contributed by atoms with van der Waals surface area (Å²) in [5.41, 5.74) is 2.44. The maximum Gasteiger partial charge on any atom is 0.131 e. The van der Waals surface area contributed by atoms with Gasteiger partial charge >= 0.3 is 0 Å². The van der Waals surface area contributed by atoms with Crippen LogP contribution in [0.1, 0.15) is 43.2 Å². The van der Waals surface area contributed by atoms with E-state index in [1.54, 1.807) is 6.07 Å². The van der Waals surface area contributed by atoms with Gasteiger partial charge in [0.1, 0.15) is 5.82 Å². The zero-order valence-corrected chi connectivity index (χ0v) is 12.1. The van der Waals surface area contributed by atoms with Gasteiger partial charge in [-0.3, -0.25) is 0 Å². The summed E-state index contributed by atoms with van der Waals surface area (Å²) in [6.07, 6.45) is 2.98. The van der Waals surface area contributed by atoms with Gasteiger partial charge < -0.3 is 0 Å². The van der Waals surface area contributed by atoms with Crippen molar-refractivity contribution in [1.82, 2.24) is 0 Å². The standard InChI is InChI=1S/C17H18ClF/c1-17(2)8-7-12-11-5-3-4-6-13(11)16(19)9-14(12)15(18)10-17/h3-6,9,15H,7-8,10H2,1-2H3. The highest BCUT2D eigenvalue weighted by Crippen LogP contribution is 2.44. The number of halogens is 2. The van der Waals surface area contributed by atoms with Crippen LogP contribution in [-0.2, 0) is 6.42 Å². The third-order valence-electron chi connectivity index (χ3n) is 4.26. The lowest BCUT2D eigenvalue weighted by Gasteiger charge is -2.23. The van der Waals surface area contributed by atoms with E-state index in [4.69, 9.17) is 11.6 Å². The molecule has 0 radical (unpaired) electrons. The first-order valence-electron chi connectivity index (χ1n) is 6.82. The molecule has 0 aromatic heterocycles. The van der Waals surface area contributed by atoms with E-state index in [-0.39, 0.29) is 16.6 Å². The van der Waals surface area contributed by atoms with Crippen LogP contribution in [0.4, 0.5) is 4.39 Å². The summed E-state index contributed by atoms with van der Waals surface area (Å²) in [6, 6.07) is 9.37. The molecule has 100 valence electrons. The molecule has 3 rings (SSSR count). The summed E-state index contributed by atoms with van der Waals surface area (Å²) in [5, 5.41) is 1.65. The molecule has 1 aliphatic rings. The van der Waals surface area contributed by atoms with E-state index in [0.29, 0.717) is 5.39 Å². The molecule has 0 saturated carbocycles. The number of hydrogen-bond acceptors (Lipinski definition) is 0. The SMILES string of the molecule is CC1(C)CCc2c(cc(F)c3ccccc23)C(Cl)C1. The number of fused-ring (bicyclic) bond motifs is 3. The van der Waals surface area contributed by atoms with Crippen molar-refractivity contribution in [1.29, 1.82) is 0 Å². The quantitative estimate of drug-likeness (QED) is 0.433. The molecule has 0 fully saturated rings. The summed E-state index contributed by atoms with van der Waals surface area (Å²) >= 11 is 6.54. The highest BCUT2D eigenvalue weighted by Gasteiger charge is 2.29. The third kappa shape index (κ3) is 2.25. The van der Waals surface area contributed by atoms with Crippen LogP contribution in [0.25, 0.3) is 10.8 Å². The number of alkyl halides is 1. The van der Waals surface area contributed by atoms with Gasteiger partial charge in [0.2, 0.25) is 0 Å². The molecular formula is C17H18ClF. The molecule has 0 heterocycles. The fourth-order valence-corrected chi connectivity index (χ4v) is 3.74. The molecule has 0 spiro atoms. The topological polar surface area (TPSA) is 0 Å². The average Bonchev–Trinajstić information content (AvgIpc) is 2.47. The van der Waals surface area contributed by atoms with Crippen LogP contribution in [0.15, 0.2) is 30.3 Å². The van der Waals surface area contributed by atoms with E-state index in [1.165, 1.54) is 5.56 Å². The molecule has 2 heteroatoms. The number of hydrogen-bond donors (Lipinski definition) is 0. The van der Waals surface area contributed by atoms with Gasteiger partial charge in [-0.15, -0.1) is 11.6 Å². The molecule has 1 unspecified atom stereocenters. The fourth-order valence-electron chi connectivity index (χ4n) is 3.13. The second kappa shape index (κ2) is 4.49. The Bertz CT molecular complexity index is 630. The van der Waals surface area contributed by atoms with Crippen molar-refractivity contribution in [3.05, 3.63) is 47.3 Å². The second-order valence-electron chi connectivity index (χ2n) is 6.31. The largest absolute Gasteiger partial charge is 0.206 e. The predicted octanol–water partition coefficient (Wildman–Crippen LogP) is 5.62. The van der Waals surface area contributed by atoms with Gasteiger partial charge in [0.15, 0.2) is 0 Å². The molecule has 0 nitrogen and oxygen atoms in total. The summed E-state index contributed by atoms with van der Waals surface area (Å²) in [4.78, 5) is 0.